The molecule has 2 N–H and O–H groups in total. The van der Waals surface area contributed by atoms with E-state index in [4.69, 9.17) is 18.9 Å². The van der Waals surface area contributed by atoms with E-state index in [2.05, 4.69) is 22.8 Å². The number of fused-ring (bicyclic) bond motifs is 2. The van der Waals surface area contributed by atoms with E-state index in [-0.39, 0.29) is 19.5 Å². The fourth-order valence-electron chi connectivity index (χ4n) is 5.63. The zero-order chi connectivity index (χ0) is 27.1. The molecule has 202 valence electrons. The number of aromatic nitrogens is 1. The zero-order valence-corrected chi connectivity index (χ0v) is 21.8. The van der Waals surface area contributed by atoms with Gasteiger partial charge in [-0.15, -0.1) is 0 Å². The first kappa shape index (κ1) is 25.1. The number of β-amino-alcohol motifs (C(OH)–C–C–N with tert-alkyl or cyclic N) is 1. The van der Waals surface area contributed by atoms with Crippen LogP contribution in [0.2, 0.25) is 0 Å². The maximum absolute atomic E-state index is 11.8. The van der Waals surface area contributed by atoms with E-state index in [1.54, 1.807) is 19.1 Å². The second kappa shape index (κ2) is 10.2. The largest absolute Gasteiger partial charge is 0.496 e. The van der Waals surface area contributed by atoms with Crippen LogP contribution in [0, 0.1) is 0 Å². The highest BCUT2D eigenvalue weighted by Crippen LogP contribution is 2.39. The highest BCUT2D eigenvalue weighted by Gasteiger charge is 2.37. The van der Waals surface area contributed by atoms with E-state index in [9.17, 15) is 15.0 Å². The Kier molecular flexibility index (Phi) is 6.54. The number of hydrogen-bond donors (Lipinski definition) is 2. The van der Waals surface area contributed by atoms with Gasteiger partial charge in [0.05, 0.1) is 37.1 Å². The number of aliphatic hydroxyl groups is 1. The smallest absolute Gasteiger partial charge is 0.321 e. The Morgan fingerprint density at radius 3 is 2.46 bits per heavy atom. The van der Waals surface area contributed by atoms with Crippen molar-refractivity contribution in [3.63, 3.8) is 0 Å². The summed E-state index contributed by atoms with van der Waals surface area (Å²) in [5, 5.41) is 20.8. The van der Waals surface area contributed by atoms with Crippen molar-refractivity contribution < 1.29 is 34.0 Å². The lowest BCUT2D eigenvalue weighted by atomic mass is 10.0. The molecule has 1 fully saturated rings. The third-order valence-electron chi connectivity index (χ3n) is 7.48. The van der Waals surface area contributed by atoms with Gasteiger partial charge in [0.1, 0.15) is 30.8 Å². The van der Waals surface area contributed by atoms with E-state index in [1.807, 2.05) is 42.6 Å². The van der Waals surface area contributed by atoms with Crippen molar-refractivity contribution in [2.24, 2.45) is 0 Å². The predicted molar refractivity (Wildman–Crippen MR) is 145 cm³/mol. The van der Waals surface area contributed by atoms with Crippen molar-refractivity contribution in [3.8, 4) is 39.8 Å². The molecular weight excluding hydrogens is 500 g/mol. The maximum atomic E-state index is 11.8. The standard InChI is InChI=1S/C30H30N2O7/c1-36-27-13-19(14-28(37-2)23(27)17-31-16-20(33)15-25(31)30(34)35)32-9-8-22-21(4-3-5-24(22)32)18-6-7-26-29(12-18)39-11-10-38-26/h3-9,12-14,20,25,33H,10-11,15-17H2,1-2H3,(H,34,35)/t20-,25-/m1/s1. The third kappa shape index (κ3) is 4.53. The van der Waals surface area contributed by atoms with E-state index >= 15 is 0 Å². The Balaban J connectivity index is 1.39. The molecule has 9 nitrogen and oxygen atoms in total. The molecule has 0 bridgehead atoms. The van der Waals surface area contributed by atoms with Crippen molar-refractivity contribution in [1.82, 2.24) is 9.47 Å². The van der Waals surface area contributed by atoms with E-state index in [0.29, 0.717) is 24.7 Å². The topological polar surface area (TPSA) is 103 Å². The van der Waals surface area contributed by atoms with Gasteiger partial charge in [-0.1, -0.05) is 18.2 Å². The Hall–Kier alpha value is -4.21. The SMILES string of the molecule is COc1cc(-n2ccc3c(-c4ccc5c(c4)OCCO5)cccc32)cc(OC)c1CN1C[C@H](O)C[C@@H]1C(=O)O. The number of rotatable bonds is 7. The number of likely N-dealkylation sites (tertiary alicyclic amines) is 1. The lowest BCUT2D eigenvalue weighted by Gasteiger charge is -2.24. The number of carboxylic acids is 1. The fourth-order valence-corrected chi connectivity index (χ4v) is 5.63. The molecule has 3 heterocycles. The number of aliphatic carboxylic acids is 1. The van der Waals surface area contributed by atoms with E-state index < -0.39 is 18.1 Å². The minimum Gasteiger partial charge on any atom is -0.496 e. The average Bonchev–Trinajstić information content (AvgIpc) is 3.56. The summed E-state index contributed by atoms with van der Waals surface area (Å²) in [6, 6.07) is 17.4. The molecule has 0 spiro atoms. The Morgan fingerprint density at radius 2 is 1.74 bits per heavy atom. The molecule has 1 saturated heterocycles. The van der Waals surface area contributed by atoms with Crippen LogP contribution < -0.4 is 18.9 Å². The van der Waals surface area contributed by atoms with Crippen LogP contribution in [0.4, 0.5) is 0 Å². The lowest BCUT2D eigenvalue weighted by Crippen LogP contribution is -2.35. The van der Waals surface area contributed by atoms with Crippen molar-refractivity contribution >= 4 is 16.9 Å². The minimum atomic E-state index is -0.950. The number of nitrogens with zero attached hydrogens (tertiary/aromatic N) is 2. The number of carboxylic acid groups (broad SMARTS) is 1. The molecule has 0 aliphatic carbocycles. The first-order valence-electron chi connectivity index (χ1n) is 12.9. The molecule has 9 heteroatoms. The quantitative estimate of drug-likeness (QED) is 0.368. The van der Waals surface area contributed by atoms with Crippen LogP contribution in [0.3, 0.4) is 0 Å². The molecular formula is C30H30N2O7. The molecule has 4 aromatic rings. The minimum absolute atomic E-state index is 0.194. The van der Waals surface area contributed by atoms with Gasteiger partial charge in [0, 0.05) is 43.2 Å². The maximum Gasteiger partial charge on any atom is 0.321 e. The van der Waals surface area contributed by atoms with Crippen LogP contribution >= 0.6 is 0 Å². The molecule has 1 aromatic heterocycles. The molecule has 3 aromatic carbocycles. The normalized spacial score (nSPS) is 18.8. The van der Waals surface area contributed by atoms with Crippen LogP contribution in [-0.4, -0.2) is 71.8 Å². The van der Waals surface area contributed by atoms with Crippen molar-refractivity contribution in [2.45, 2.75) is 25.1 Å². The van der Waals surface area contributed by atoms with Gasteiger partial charge in [-0.05, 0) is 35.4 Å². The van der Waals surface area contributed by atoms with Crippen LogP contribution in [0.25, 0.3) is 27.7 Å². The van der Waals surface area contributed by atoms with Gasteiger partial charge >= 0.3 is 5.97 Å². The van der Waals surface area contributed by atoms with Gasteiger partial charge < -0.3 is 33.7 Å². The highest BCUT2D eigenvalue weighted by molar-refractivity contribution is 5.96. The number of benzene rings is 3. The lowest BCUT2D eigenvalue weighted by molar-refractivity contribution is -0.142. The first-order valence-corrected chi connectivity index (χ1v) is 12.9. The van der Waals surface area contributed by atoms with E-state index in [1.165, 1.54) is 0 Å². The second-order valence-electron chi connectivity index (χ2n) is 9.78. The van der Waals surface area contributed by atoms with Gasteiger partial charge in [0.25, 0.3) is 0 Å². The summed E-state index contributed by atoms with van der Waals surface area (Å²) >= 11 is 0. The van der Waals surface area contributed by atoms with Crippen molar-refractivity contribution in [1.29, 1.82) is 0 Å². The molecule has 39 heavy (non-hydrogen) atoms. The summed E-state index contributed by atoms with van der Waals surface area (Å²) in [4.78, 5) is 13.5. The first-order chi connectivity index (χ1) is 19.0. The van der Waals surface area contributed by atoms with Gasteiger partial charge in [-0.3, -0.25) is 9.69 Å². The molecule has 0 amide bonds. The Bertz CT molecular complexity index is 1520. The molecule has 0 saturated carbocycles. The number of carbonyl (C=O) groups is 1. The summed E-state index contributed by atoms with van der Waals surface area (Å²) in [5.74, 6) is 1.72. The molecule has 0 unspecified atom stereocenters. The predicted octanol–water partition coefficient (Wildman–Crippen LogP) is 4.11. The Labute approximate surface area is 225 Å². The van der Waals surface area contributed by atoms with Gasteiger partial charge in [0.15, 0.2) is 11.5 Å². The van der Waals surface area contributed by atoms with Crippen molar-refractivity contribution in [3.05, 3.63) is 66.4 Å². The molecule has 6 rings (SSSR count). The summed E-state index contributed by atoms with van der Waals surface area (Å²) in [6.07, 6.45) is 1.52. The van der Waals surface area contributed by atoms with Crippen LogP contribution in [-0.2, 0) is 11.3 Å². The Morgan fingerprint density at radius 1 is 1.00 bits per heavy atom. The van der Waals surface area contributed by atoms with Gasteiger partial charge in [-0.25, -0.2) is 0 Å². The molecule has 2 aliphatic heterocycles. The van der Waals surface area contributed by atoms with Gasteiger partial charge in [0.2, 0.25) is 0 Å². The monoisotopic (exact) mass is 530 g/mol. The highest BCUT2D eigenvalue weighted by atomic mass is 16.6. The van der Waals surface area contributed by atoms with Crippen LogP contribution in [0.5, 0.6) is 23.0 Å². The zero-order valence-electron chi connectivity index (χ0n) is 21.8. The summed E-state index contributed by atoms with van der Waals surface area (Å²) in [7, 11) is 3.17. The van der Waals surface area contributed by atoms with Gasteiger partial charge in [-0.2, -0.15) is 0 Å². The fraction of sp³-hybridized carbons (Fsp3) is 0.300. The number of ether oxygens (including phenoxy) is 4. The molecule has 2 aliphatic rings. The molecule has 0 radical (unpaired) electrons. The summed E-state index contributed by atoms with van der Waals surface area (Å²) in [6.45, 7) is 1.64. The van der Waals surface area contributed by atoms with Crippen LogP contribution in [0.15, 0.2) is 60.8 Å². The number of aliphatic hydroxyl groups excluding tert-OH is 1. The van der Waals surface area contributed by atoms with Crippen molar-refractivity contribution in [2.75, 3.05) is 34.0 Å². The average molecular weight is 531 g/mol. The second-order valence-corrected chi connectivity index (χ2v) is 9.78. The summed E-state index contributed by atoms with van der Waals surface area (Å²) < 4.78 is 25.1. The summed E-state index contributed by atoms with van der Waals surface area (Å²) in [5.41, 5.74) is 4.70. The third-order valence-corrected chi connectivity index (χ3v) is 7.48. The molecule has 2 atom stereocenters. The van der Waals surface area contributed by atoms with Crippen LogP contribution in [0.1, 0.15) is 12.0 Å². The number of hydrogen-bond acceptors (Lipinski definition) is 7. The number of methoxy groups -OCH3 is 2. The van der Waals surface area contributed by atoms with E-state index in [0.717, 1.165) is 44.8 Å².